The second-order valence-electron chi connectivity index (χ2n) is 7.95. The molecule has 0 bridgehead atoms. The fourth-order valence-corrected chi connectivity index (χ4v) is 4.18. The Kier molecular flexibility index (Phi) is 5.30. The molecule has 4 rings (SSSR count). The van der Waals surface area contributed by atoms with E-state index in [1.165, 1.54) is 11.1 Å². The second kappa shape index (κ2) is 8.04. The summed E-state index contributed by atoms with van der Waals surface area (Å²) in [6, 6.07) is 30.7. The minimum Gasteiger partial charge on any atom is -0.273 e. The molecule has 1 amide bonds. The highest BCUT2D eigenvalue weighted by molar-refractivity contribution is 6.02. The summed E-state index contributed by atoms with van der Waals surface area (Å²) < 4.78 is 0. The first kappa shape index (κ1) is 19.1. The summed E-state index contributed by atoms with van der Waals surface area (Å²) >= 11 is 0. The maximum absolute atomic E-state index is 13.1. The van der Waals surface area contributed by atoms with Crippen LogP contribution in [0, 0.1) is 11.8 Å². The number of carbonyl (C=O) groups excluding carboxylic acids is 1. The van der Waals surface area contributed by atoms with Gasteiger partial charge in [0.1, 0.15) is 0 Å². The summed E-state index contributed by atoms with van der Waals surface area (Å²) in [4.78, 5) is 13.1. The van der Waals surface area contributed by atoms with Crippen molar-refractivity contribution in [3.05, 3.63) is 108 Å². The Hall–Kier alpha value is -3.20. The highest BCUT2D eigenvalue weighted by Crippen LogP contribution is 2.58. The molecule has 29 heavy (non-hydrogen) atoms. The smallest absolute Gasteiger partial charge is 0.244 e. The Bertz CT molecular complexity index is 955. The number of hydrogen-bond donors (Lipinski definition) is 1. The van der Waals surface area contributed by atoms with Crippen molar-refractivity contribution >= 4 is 11.6 Å². The van der Waals surface area contributed by atoms with Gasteiger partial charge >= 0.3 is 0 Å². The lowest BCUT2D eigenvalue weighted by Gasteiger charge is -2.18. The molecular formula is C26H26N2O. The summed E-state index contributed by atoms with van der Waals surface area (Å²) in [6.07, 6.45) is 0.796. The highest BCUT2D eigenvalue weighted by Gasteiger charge is 2.60. The molecule has 0 radical (unpaired) electrons. The van der Waals surface area contributed by atoms with Crippen LogP contribution in [0.25, 0.3) is 0 Å². The fraction of sp³-hybridized carbons (Fsp3) is 0.231. The van der Waals surface area contributed by atoms with Crippen LogP contribution in [-0.4, -0.2) is 11.6 Å². The van der Waals surface area contributed by atoms with E-state index in [-0.39, 0.29) is 23.2 Å². The first-order valence-electron chi connectivity index (χ1n) is 10.2. The minimum atomic E-state index is -0.271. The maximum atomic E-state index is 13.1. The summed E-state index contributed by atoms with van der Waals surface area (Å²) in [5, 5.41) is 4.52. The molecule has 1 saturated carbocycles. The van der Waals surface area contributed by atoms with Crippen molar-refractivity contribution in [1.82, 2.24) is 5.43 Å². The van der Waals surface area contributed by atoms with Gasteiger partial charge in [-0.25, -0.2) is 5.43 Å². The van der Waals surface area contributed by atoms with E-state index >= 15 is 0 Å². The van der Waals surface area contributed by atoms with Gasteiger partial charge in [0, 0.05) is 5.41 Å². The van der Waals surface area contributed by atoms with Crippen LogP contribution in [0.1, 0.15) is 37.0 Å². The third-order valence-corrected chi connectivity index (χ3v) is 5.76. The van der Waals surface area contributed by atoms with E-state index in [1.54, 1.807) is 0 Å². The van der Waals surface area contributed by atoms with Gasteiger partial charge < -0.3 is 0 Å². The molecule has 146 valence electrons. The van der Waals surface area contributed by atoms with Gasteiger partial charge in [0.05, 0.1) is 11.6 Å². The normalized spacial score (nSPS) is 17.8. The number of nitrogens with zero attached hydrogens (tertiary/aromatic N) is 1. The average molecular weight is 383 g/mol. The van der Waals surface area contributed by atoms with Crippen LogP contribution >= 0.6 is 0 Å². The standard InChI is InChI=1S/C26H26N2O/c1-19(2)24(20-12-6-3-7-13-20)27-28-25(29)23-18-26(23,21-14-8-4-9-15-21)22-16-10-5-11-17-22/h3-17,19,23H,18H2,1-2H3,(H,28,29)/b27-24+. The quantitative estimate of drug-likeness (QED) is 0.464. The molecule has 3 aromatic rings. The number of rotatable bonds is 6. The van der Waals surface area contributed by atoms with Crippen molar-refractivity contribution in [3.8, 4) is 0 Å². The van der Waals surface area contributed by atoms with E-state index in [4.69, 9.17) is 0 Å². The molecular weight excluding hydrogens is 356 g/mol. The minimum absolute atomic E-state index is 0.0215. The molecule has 3 nitrogen and oxygen atoms in total. The van der Waals surface area contributed by atoms with Crippen LogP contribution in [0.2, 0.25) is 0 Å². The lowest BCUT2D eigenvalue weighted by Crippen LogP contribution is -2.27. The van der Waals surface area contributed by atoms with Crippen LogP contribution < -0.4 is 5.43 Å². The number of hydrazone groups is 1. The van der Waals surface area contributed by atoms with E-state index < -0.39 is 0 Å². The molecule has 1 aliphatic rings. The lowest BCUT2D eigenvalue weighted by atomic mass is 9.85. The molecule has 0 heterocycles. The van der Waals surface area contributed by atoms with Crippen molar-refractivity contribution in [3.63, 3.8) is 0 Å². The van der Waals surface area contributed by atoms with Gasteiger partial charge in [-0.15, -0.1) is 0 Å². The SMILES string of the molecule is CC(C)/C(=N\NC(=O)C1CC1(c1ccccc1)c1ccccc1)c1ccccc1. The van der Waals surface area contributed by atoms with Crippen LogP contribution in [0.15, 0.2) is 96.1 Å². The molecule has 0 aliphatic heterocycles. The van der Waals surface area contributed by atoms with Gasteiger partial charge in [0.15, 0.2) is 0 Å². The van der Waals surface area contributed by atoms with Gasteiger partial charge in [-0.1, -0.05) is 105 Å². The highest BCUT2D eigenvalue weighted by atomic mass is 16.2. The van der Waals surface area contributed by atoms with E-state index in [2.05, 4.69) is 48.6 Å². The fourth-order valence-electron chi connectivity index (χ4n) is 4.18. The molecule has 0 spiro atoms. The summed E-state index contributed by atoms with van der Waals surface area (Å²) in [7, 11) is 0. The van der Waals surface area contributed by atoms with Crippen LogP contribution in [-0.2, 0) is 10.2 Å². The van der Waals surface area contributed by atoms with Gasteiger partial charge in [-0.2, -0.15) is 5.10 Å². The Morgan fingerprint density at radius 2 is 1.34 bits per heavy atom. The Labute approximate surface area is 172 Å². The topological polar surface area (TPSA) is 41.5 Å². The van der Waals surface area contributed by atoms with E-state index in [0.29, 0.717) is 0 Å². The van der Waals surface area contributed by atoms with Gasteiger partial charge in [0.25, 0.3) is 0 Å². The number of nitrogens with one attached hydrogen (secondary N) is 1. The van der Waals surface area contributed by atoms with Gasteiger partial charge in [-0.05, 0) is 29.0 Å². The summed E-state index contributed by atoms with van der Waals surface area (Å²) in [5.74, 6) is 0.0666. The van der Waals surface area contributed by atoms with Crippen molar-refractivity contribution in [2.24, 2.45) is 16.9 Å². The second-order valence-corrected chi connectivity index (χ2v) is 7.95. The average Bonchev–Trinajstić information content (AvgIpc) is 3.53. The van der Waals surface area contributed by atoms with Crippen LogP contribution in [0.3, 0.4) is 0 Å². The van der Waals surface area contributed by atoms with Crippen molar-refractivity contribution in [2.45, 2.75) is 25.7 Å². The predicted molar refractivity (Wildman–Crippen MR) is 118 cm³/mol. The van der Waals surface area contributed by atoms with Crippen LogP contribution in [0.5, 0.6) is 0 Å². The number of carbonyl (C=O) groups is 1. The maximum Gasteiger partial charge on any atom is 0.244 e. The van der Waals surface area contributed by atoms with E-state index in [1.807, 2.05) is 66.7 Å². The Balaban J connectivity index is 1.61. The molecule has 0 saturated heterocycles. The number of benzene rings is 3. The first-order chi connectivity index (χ1) is 14.1. The first-order valence-corrected chi connectivity index (χ1v) is 10.2. The Morgan fingerprint density at radius 1 is 0.862 bits per heavy atom. The molecule has 0 aromatic heterocycles. The molecule has 3 heteroatoms. The zero-order valence-electron chi connectivity index (χ0n) is 16.9. The summed E-state index contributed by atoms with van der Waals surface area (Å²) in [6.45, 7) is 4.18. The molecule has 1 fully saturated rings. The molecule has 1 aliphatic carbocycles. The van der Waals surface area contributed by atoms with Crippen molar-refractivity contribution < 1.29 is 4.79 Å². The third kappa shape index (κ3) is 3.73. The zero-order valence-corrected chi connectivity index (χ0v) is 16.9. The molecule has 1 unspecified atom stereocenters. The summed E-state index contributed by atoms with van der Waals surface area (Å²) in [5.41, 5.74) is 6.89. The van der Waals surface area contributed by atoms with Crippen molar-refractivity contribution in [2.75, 3.05) is 0 Å². The lowest BCUT2D eigenvalue weighted by molar-refractivity contribution is -0.122. The molecule has 1 atom stereocenters. The van der Waals surface area contributed by atoms with Crippen LogP contribution in [0.4, 0.5) is 0 Å². The number of amides is 1. The van der Waals surface area contributed by atoms with E-state index in [9.17, 15) is 4.79 Å². The third-order valence-electron chi connectivity index (χ3n) is 5.76. The van der Waals surface area contributed by atoms with Crippen molar-refractivity contribution in [1.29, 1.82) is 0 Å². The molecule has 1 N–H and O–H groups in total. The zero-order chi connectivity index (χ0) is 20.3. The van der Waals surface area contributed by atoms with Gasteiger partial charge in [0.2, 0.25) is 5.91 Å². The largest absolute Gasteiger partial charge is 0.273 e. The van der Waals surface area contributed by atoms with E-state index in [0.717, 1.165) is 17.7 Å². The molecule has 3 aromatic carbocycles. The number of hydrogen-bond acceptors (Lipinski definition) is 2. The van der Waals surface area contributed by atoms with Gasteiger partial charge in [-0.3, -0.25) is 4.79 Å². The predicted octanol–water partition coefficient (Wildman–Crippen LogP) is 5.17. The monoisotopic (exact) mass is 382 g/mol. The Morgan fingerprint density at radius 3 is 1.83 bits per heavy atom.